The Morgan fingerprint density at radius 1 is 1.23 bits per heavy atom. The van der Waals surface area contributed by atoms with Crippen molar-refractivity contribution < 1.29 is 27.5 Å². The summed E-state index contributed by atoms with van der Waals surface area (Å²) in [4.78, 5) is 26.2. The summed E-state index contributed by atoms with van der Waals surface area (Å²) < 4.78 is 45.9. The first-order valence-electron chi connectivity index (χ1n) is 9.60. The van der Waals surface area contributed by atoms with Crippen LogP contribution in [0.1, 0.15) is 40.2 Å². The van der Waals surface area contributed by atoms with Crippen LogP contribution in [0.4, 0.5) is 18.0 Å². The monoisotopic (exact) mass is 422 g/mol. The van der Waals surface area contributed by atoms with Gasteiger partial charge in [0.1, 0.15) is 5.60 Å². The second-order valence-corrected chi connectivity index (χ2v) is 7.72. The van der Waals surface area contributed by atoms with Crippen LogP contribution in [0.3, 0.4) is 0 Å². The molecule has 0 radical (unpaired) electrons. The lowest BCUT2D eigenvalue weighted by Gasteiger charge is -2.37. The SMILES string of the molecule is Cc1nn(-c2cccc(C(F)(F)F)c2)c(C)c1C(=O)N1CCC2(CC1)CNC(=O)O2. The third-order valence-electron chi connectivity index (χ3n) is 5.75. The van der Waals surface area contributed by atoms with E-state index in [9.17, 15) is 22.8 Å². The Kier molecular flexibility index (Phi) is 4.74. The minimum atomic E-state index is -4.47. The molecule has 1 aromatic heterocycles. The van der Waals surface area contributed by atoms with Crippen molar-refractivity contribution in [2.24, 2.45) is 0 Å². The number of hydrogen-bond donors (Lipinski definition) is 1. The van der Waals surface area contributed by atoms with E-state index in [2.05, 4.69) is 10.4 Å². The number of carbonyl (C=O) groups is 2. The van der Waals surface area contributed by atoms with Crippen molar-refractivity contribution in [1.82, 2.24) is 20.0 Å². The molecule has 1 N–H and O–H groups in total. The Hall–Kier alpha value is -3.04. The predicted octanol–water partition coefficient (Wildman–Crippen LogP) is 3.22. The number of nitrogens with zero attached hydrogens (tertiary/aromatic N) is 3. The summed E-state index contributed by atoms with van der Waals surface area (Å²) in [5.74, 6) is -0.227. The summed E-state index contributed by atoms with van der Waals surface area (Å²) in [7, 11) is 0. The number of aryl methyl sites for hydroxylation is 1. The van der Waals surface area contributed by atoms with Crippen molar-refractivity contribution in [3.05, 3.63) is 46.8 Å². The third-order valence-corrected chi connectivity index (χ3v) is 5.75. The van der Waals surface area contributed by atoms with Gasteiger partial charge in [-0.05, 0) is 32.0 Å². The van der Waals surface area contributed by atoms with Gasteiger partial charge >= 0.3 is 12.3 Å². The highest BCUT2D eigenvalue weighted by molar-refractivity contribution is 5.96. The molecule has 2 saturated heterocycles. The molecule has 1 aromatic carbocycles. The molecule has 0 saturated carbocycles. The van der Waals surface area contributed by atoms with Gasteiger partial charge < -0.3 is 15.0 Å². The number of alkyl halides is 3. The maximum absolute atomic E-state index is 13.1. The average molecular weight is 422 g/mol. The number of aromatic nitrogens is 2. The third kappa shape index (κ3) is 3.50. The van der Waals surface area contributed by atoms with E-state index in [0.717, 1.165) is 12.1 Å². The van der Waals surface area contributed by atoms with Gasteiger partial charge in [-0.1, -0.05) is 6.07 Å². The molecule has 10 heteroatoms. The van der Waals surface area contributed by atoms with Gasteiger partial charge in [0, 0.05) is 25.9 Å². The van der Waals surface area contributed by atoms with Crippen molar-refractivity contribution >= 4 is 12.0 Å². The number of nitrogens with one attached hydrogen (secondary N) is 1. The molecular weight excluding hydrogens is 401 g/mol. The highest BCUT2D eigenvalue weighted by Gasteiger charge is 2.44. The maximum Gasteiger partial charge on any atom is 0.416 e. The van der Waals surface area contributed by atoms with E-state index < -0.39 is 23.4 Å². The van der Waals surface area contributed by atoms with Gasteiger partial charge in [-0.15, -0.1) is 0 Å². The number of alkyl carbamates (subject to hydrolysis) is 1. The minimum Gasteiger partial charge on any atom is -0.441 e. The molecule has 4 rings (SSSR count). The van der Waals surface area contributed by atoms with Crippen LogP contribution >= 0.6 is 0 Å². The molecule has 3 heterocycles. The molecule has 30 heavy (non-hydrogen) atoms. The van der Waals surface area contributed by atoms with Crippen LogP contribution in [0.5, 0.6) is 0 Å². The predicted molar refractivity (Wildman–Crippen MR) is 100 cm³/mol. The van der Waals surface area contributed by atoms with Crippen LogP contribution in [0.15, 0.2) is 24.3 Å². The molecular formula is C20H21F3N4O3. The standard InChI is InChI=1S/C20H21F3N4O3/c1-12-16(17(28)26-8-6-19(7-9-26)11-24-18(29)30-19)13(2)27(25-12)15-5-3-4-14(10-15)20(21,22)23/h3-5,10H,6-9,11H2,1-2H3,(H,24,29). The lowest BCUT2D eigenvalue weighted by Crippen LogP contribution is -2.48. The van der Waals surface area contributed by atoms with Crippen LogP contribution in [-0.4, -0.2) is 51.9 Å². The first kappa shape index (κ1) is 20.2. The van der Waals surface area contributed by atoms with Crippen LogP contribution in [-0.2, 0) is 10.9 Å². The molecule has 0 unspecified atom stereocenters. The molecule has 2 fully saturated rings. The number of hydrogen-bond acceptors (Lipinski definition) is 4. The maximum atomic E-state index is 13.1. The van der Waals surface area contributed by atoms with Crippen LogP contribution in [0, 0.1) is 13.8 Å². The fourth-order valence-electron chi connectivity index (χ4n) is 4.07. The Morgan fingerprint density at radius 2 is 1.93 bits per heavy atom. The van der Waals surface area contributed by atoms with Crippen molar-refractivity contribution in [3.63, 3.8) is 0 Å². The van der Waals surface area contributed by atoms with Crippen LogP contribution in [0.2, 0.25) is 0 Å². The fraction of sp³-hybridized carbons (Fsp3) is 0.450. The van der Waals surface area contributed by atoms with Crippen molar-refractivity contribution in [1.29, 1.82) is 0 Å². The van der Waals surface area contributed by atoms with Crippen LogP contribution < -0.4 is 5.32 Å². The zero-order valence-electron chi connectivity index (χ0n) is 16.5. The highest BCUT2D eigenvalue weighted by atomic mass is 19.4. The first-order valence-corrected chi connectivity index (χ1v) is 9.60. The molecule has 0 aliphatic carbocycles. The van der Waals surface area contributed by atoms with Gasteiger partial charge in [-0.2, -0.15) is 18.3 Å². The van der Waals surface area contributed by atoms with E-state index in [4.69, 9.17) is 4.74 Å². The fourth-order valence-corrected chi connectivity index (χ4v) is 4.07. The van der Waals surface area contributed by atoms with Crippen molar-refractivity contribution in [2.75, 3.05) is 19.6 Å². The molecule has 2 amide bonds. The molecule has 2 aliphatic heterocycles. The molecule has 160 valence electrons. The largest absolute Gasteiger partial charge is 0.441 e. The molecule has 2 aliphatic rings. The van der Waals surface area contributed by atoms with E-state index in [-0.39, 0.29) is 11.6 Å². The molecule has 0 atom stereocenters. The Bertz CT molecular complexity index is 1010. The summed E-state index contributed by atoms with van der Waals surface area (Å²) in [6.45, 7) is 4.60. The van der Waals surface area contributed by atoms with E-state index in [0.29, 0.717) is 49.4 Å². The number of piperidine rings is 1. The Labute approximate surface area is 170 Å². The normalized spacial score (nSPS) is 18.4. The van der Waals surface area contributed by atoms with Gasteiger partial charge in [0.15, 0.2) is 0 Å². The van der Waals surface area contributed by atoms with Gasteiger partial charge in [0.05, 0.1) is 34.7 Å². The second-order valence-electron chi connectivity index (χ2n) is 7.72. The summed E-state index contributed by atoms with van der Waals surface area (Å²) in [6.07, 6.45) is -3.86. The summed E-state index contributed by atoms with van der Waals surface area (Å²) in [5, 5.41) is 6.98. The summed E-state index contributed by atoms with van der Waals surface area (Å²) in [5.41, 5.74) is 0.202. The smallest absolute Gasteiger partial charge is 0.416 e. The van der Waals surface area contributed by atoms with Gasteiger partial charge in [-0.25, -0.2) is 9.48 Å². The Balaban J connectivity index is 1.57. The molecule has 0 bridgehead atoms. The Morgan fingerprint density at radius 3 is 2.53 bits per heavy atom. The lowest BCUT2D eigenvalue weighted by atomic mass is 9.91. The first-order chi connectivity index (χ1) is 14.1. The highest BCUT2D eigenvalue weighted by Crippen LogP contribution is 2.32. The zero-order chi connectivity index (χ0) is 21.7. The zero-order valence-corrected chi connectivity index (χ0v) is 16.5. The van der Waals surface area contributed by atoms with Crippen molar-refractivity contribution in [2.45, 2.75) is 38.5 Å². The minimum absolute atomic E-state index is 0.227. The summed E-state index contributed by atoms with van der Waals surface area (Å²) in [6, 6.07) is 4.85. The van der Waals surface area contributed by atoms with Gasteiger partial charge in [0.2, 0.25) is 0 Å². The molecule has 7 nitrogen and oxygen atoms in total. The number of likely N-dealkylation sites (tertiary alicyclic amines) is 1. The second kappa shape index (κ2) is 7.03. The average Bonchev–Trinajstić information content (AvgIpc) is 3.20. The molecule has 2 aromatic rings. The van der Waals surface area contributed by atoms with Gasteiger partial charge in [-0.3, -0.25) is 4.79 Å². The number of amides is 2. The van der Waals surface area contributed by atoms with Gasteiger partial charge in [0.25, 0.3) is 5.91 Å². The number of carbonyl (C=O) groups excluding carboxylic acids is 2. The van der Waals surface area contributed by atoms with E-state index in [1.807, 2.05) is 0 Å². The van der Waals surface area contributed by atoms with E-state index in [1.54, 1.807) is 18.7 Å². The lowest BCUT2D eigenvalue weighted by molar-refractivity contribution is -0.137. The van der Waals surface area contributed by atoms with Crippen LogP contribution in [0.25, 0.3) is 5.69 Å². The number of halogens is 3. The van der Waals surface area contributed by atoms with Crippen molar-refractivity contribution in [3.8, 4) is 5.69 Å². The number of benzene rings is 1. The quantitative estimate of drug-likeness (QED) is 0.806. The number of rotatable bonds is 2. The van der Waals surface area contributed by atoms with E-state index >= 15 is 0 Å². The molecule has 1 spiro atoms. The number of ether oxygens (including phenoxy) is 1. The topological polar surface area (TPSA) is 76.5 Å². The summed E-state index contributed by atoms with van der Waals surface area (Å²) >= 11 is 0. The van der Waals surface area contributed by atoms with E-state index in [1.165, 1.54) is 16.8 Å².